The summed E-state index contributed by atoms with van der Waals surface area (Å²) in [6.07, 6.45) is 16.2. The predicted octanol–water partition coefficient (Wildman–Crippen LogP) is 6.13. The van der Waals surface area contributed by atoms with Gasteiger partial charge >= 0.3 is 7.12 Å². The van der Waals surface area contributed by atoms with Crippen LogP contribution in [0, 0.1) is 17.8 Å². The van der Waals surface area contributed by atoms with Crippen LogP contribution in [-0.2, 0) is 9.31 Å². The van der Waals surface area contributed by atoms with Crippen LogP contribution in [0.3, 0.4) is 0 Å². The zero-order valence-electron chi connectivity index (χ0n) is 20.8. The van der Waals surface area contributed by atoms with E-state index in [9.17, 15) is 10.2 Å². The topological polar surface area (TPSA) is 58.9 Å². The van der Waals surface area contributed by atoms with Crippen LogP contribution in [0.2, 0.25) is 6.32 Å². The van der Waals surface area contributed by atoms with Crippen LogP contribution in [0.15, 0.2) is 12.2 Å². The second kappa shape index (κ2) is 11.6. The molecule has 1 aliphatic heterocycles. The third-order valence-electron chi connectivity index (χ3n) is 8.65. The largest absolute Gasteiger partial charge is 0.457 e. The van der Waals surface area contributed by atoms with Crippen molar-refractivity contribution in [2.75, 3.05) is 0 Å². The highest BCUT2D eigenvalue weighted by molar-refractivity contribution is 6.45. The van der Waals surface area contributed by atoms with Gasteiger partial charge in [0.25, 0.3) is 0 Å². The molecule has 0 amide bonds. The van der Waals surface area contributed by atoms with Crippen molar-refractivity contribution in [1.82, 2.24) is 0 Å². The fourth-order valence-electron chi connectivity index (χ4n) is 5.84. The molecule has 2 saturated carbocycles. The molecule has 3 fully saturated rings. The van der Waals surface area contributed by atoms with Crippen molar-refractivity contribution in [3.63, 3.8) is 0 Å². The molecule has 3 rings (SSSR count). The van der Waals surface area contributed by atoms with E-state index in [1.165, 1.54) is 19.3 Å². The highest BCUT2D eigenvalue weighted by Crippen LogP contribution is 2.42. The quantitative estimate of drug-likeness (QED) is 0.175. The van der Waals surface area contributed by atoms with E-state index in [0.29, 0.717) is 18.3 Å². The van der Waals surface area contributed by atoms with Gasteiger partial charge in [-0.1, -0.05) is 37.8 Å². The molecule has 0 unspecified atom stereocenters. The minimum atomic E-state index is -0.335. The second-order valence-electron chi connectivity index (χ2n) is 11.5. The first-order chi connectivity index (χ1) is 15.1. The Labute approximate surface area is 201 Å². The highest BCUT2D eigenvalue weighted by atomic mass is 35.5. The number of aliphatic hydroxyl groups is 2. The number of hydrogen-bond donors (Lipinski definition) is 2. The fourth-order valence-corrected chi connectivity index (χ4v) is 6.31. The van der Waals surface area contributed by atoms with E-state index in [4.69, 9.17) is 20.9 Å². The van der Waals surface area contributed by atoms with Crippen molar-refractivity contribution in [2.24, 2.45) is 17.8 Å². The molecule has 6 heteroatoms. The molecular weight excluding hydrogens is 423 g/mol. The molecule has 2 N–H and O–H groups in total. The Hall–Kier alpha value is -0.0651. The Balaban J connectivity index is 1.38. The zero-order chi connectivity index (χ0) is 23.4. The fraction of sp³-hybridized carbons (Fsp3) is 0.923. The standard InChI is InChI=1S/C26H46BClO4/c1-25(2)26(3,4)32-27(31-25)17-11-6-5-10-14-20-21(24(30)18-22(20)28)15-16-23(29)19-12-8-7-9-13-19/h5,10,19-24,29-30H,6-9,11-18H2,1-4H3/b10-5-/t20-,21-,22-,23-,24-/m1/s1. The van der Waals surface area contributed by atoms with Crippen LogP contribution in [-0.4, -0.2) is 46.1 Å². The molecule has 1 heterocycles. The third kappa shape index (κ3) is 6.75. The van der Waals surface area contributed by atoms with Crippen LogP contribution in [0.25, 0.3) is 0 Å². The average Bonchev–Trinajstić information content (AvgIpc) is 3.12. The van der Waals surface area contributed by atoms with Gasteiger partial charge < -0.3 is 19.5 Å². The monoisotopic (exact) mass is 468 g/mol. The van der Waals surface area contributed by atoms with Crippen LogP contribution >= 0.6 is 11.6 Å². The first-order valence-corrected chi connectivity index (χ1v) is 13.5. The number of rotatable bonds is 10. The molecule has 0 bridgehead atoms. The van der Waals surface area contributed by atoms with Crippen molar-refractivity contribution >= 4 is 18.7 Å². The van der Waals surface area contributed by atoms with Gasteiger partial charge in [-0.15, -0.1) is 11.6 Å². The summed E-state index contributed by atoms with van der Waals surface area (Å²) in [6, 6.07) is 0. The number of allylic oxidation sites excluding steroid dienone is 2. The number of alkyl halides is 1. The van der Waals surface area contributed by atoms with E-state index in [1.807, 2.05) is 0 Å². The van der Waals surface area contributed by atoms with Gasteiger partial charge in [-0.2, -0.15) is 0 Å². The number of aliphatic hydroxyl groups excluding tert-OH is 2. The van der Waals surface area contributed by atoms with Gasteiger partial charge in [0.1, 0.15) is 0 Å². The summed E-state index contributed by atoms with van der Waals surface area (Å²) in [5, 5.41) is 21.3. The molecule has 0 aromatic heterocycles. The summed E-state index contributed by atoms with van der Waals surface area (Å²) < 4.78 is 12.1. The minimum Gasteiger partial charge on any atom is -0.403 e. The lowest BCUT2D eigenvalue weighted by Crippen LogP contribution is -2.41. The Kier molecular flexibility index (Phi) is 9.60. The summed E-state index contributed by atoms with van der Waals surface area (Å²) in [5.41, 5.74) is -0.516. The maximum atomic E-state index is 10.7. The number of halogens is 1. The van der Waals surface area contributed by atoms with Gasteiger partial charge in [0.05, 0.1) is 23.4 Å². The first kappa shape index (κ1) is 26.5. The lowest BCUT2D eigenvalue weighted by molar-refractivity contribution is 0.00578. The van der Waals surface area contributed by atoms with Crippen LogP contribution in [0.5, 0.6) is 0 Å². The van der Waals surface area contributed by atoms with E-state index in [2.05, 4.69) is 39.8 Å². The van der Waals surface area contributed by atoms with Gasteiger partial charge in [0.2, 0.25) is 0 Å². The summed E-state index contributed by atoms with van der Waals surface area (Å²) in [4.78, 5) is 0. The van der Waals surface area contributed by atoms with Crippen LogP contribution in [0.1, 0.15) is 98.3 Å². The van der Waals surface area contributed by atoms with Crippen molar-refractivity contribution < 1.29 is 19.5 Å². The van der Waals surface area contributed by atoms with E-state index in [1.54, 1.807) is 0 Å². The van der Waals surface area contributed by atoms with Crippen molar-refractivity contribution in [2.45, 2.75) is 133 Å². The molecule has 32 heavy (non-hydrogen) atoms. The summed E-state index contributed by atoms with van der Waals surface area (Å²) in [5.74, 6) is 0.950. The van der Waals surface area contributed by atoms with Gasteiger partial charge in [0, 0.05) is 5.38 Å². The summed E-state index contributed by atoms with van der Waals surface area (Å²) in [7, 11) is -0.120. The van der Waals surface area contributed by atoms with Crippen molar-refractivity contribution in [3.8, 4) is 0 Å². The van der Waals surface area contributed by atoms with Crippen LogP contribution in [0.4, 0.5) is 0 Å². The first-order valence-electron chi connectivity index (χ1n) is 13.1. The molecule has 0 aromatic rings. The van der Waals surface area contributed by atoms with Gasteiger partial charge in [-0.25, -0.2) is 0 Å². The van der Waals surface area contributed by atoms with E-state index >= 15 is 0 Å². The van der Waals surface area contributed by atoms with E-state index in [0.717, 1.165) is 51.3 Å². The maximum absolute atomic E-state index is 10.7. The third-order valence-corrected chi connectivity index (χ3v) is 9.15. The molecule has 4 nitrogen and oxygen atoms in total. The van der Waals surface area contributed by atoms with Gasteiger partial charge in [0.15, 0.2) is 0 Å². The molecule has 0 aromatic carbocycles. The van der Waals surface area contributed by atoms with Crippen molar-refractivity contribution in [3.05, 3.63) is 12.2 Å². The smallest absolute Gasteiger partial charge is 0.403 e. The van der Waals surface area contributed by atoms with E-state index < -0.39 is 0 Å². The molecule has 5 atom stereocenters. The molecule has 1 saturated heterocycles. The Morgan fingerprint density at radius 1 is 1.03 bits per heavy atom. The Bertz CT molecular complexity index is 589. The maximum Gasteiger partial charge on any atom is 0.457 e. The number of unbranched alkanes of at least 4 members (excludes halogenated alkanes) is 1. The van der Waals surface area contributed by atoms with Gasteiger partial charge in [-0.05, 0) is 96.7 Å². The van der Waals surface area contributed by atoms with Gasteiger partial charge in [-0.3, -0.25) is 0 Å². The molecular formula is C26H46BClO4. The molecule has 0 spiro atoms. The van der Waals surface area contributed by atoms with Crippen LogP contribution < -0.4 is 0 Å². The second-order valence-corrected chi connectivity index (χ2v) is 12.1. The van der Waals surface area contributed by atoms with E-state index in [-0.39, 0.29) is 41.8 Å². The SMILES string of the molecule is CC1(C)OB(CCC/C=C\C[C@@H]2[C@@H](CC[C@@H](O)C3CCCCC3)[C@H](O)C[C@H]2Cl)OC1(C)C. The summed E-state index contributed by atoms with van der Waals surface area (Å²) >= 11 is 6.62. The molecule has 0 radical (unpaired) electrons. The molecule has 184 valence electrons. The molecule has 2 aliphatic carbocycles. The Morgan fingerprint density at radius 2 is 1.69 bits per heavy atom. The normalized spacial score (nSPS) is 33.9. The lowest BCUT2D eigenvalue weighted by atomic mass is 9.80. The molecule has 3 aliphatic rings. The average molecular weight is 469 g/mol. The zero-order valence-corrected chi connectivity index (χ0v) is 21.5. The predicted molar refractivity (Wildman–Crippen MR) is 133 cm³/mol. The minimum absolute atomic E-state index is 0.0243. The summed E-state index contributed by atoms with van der Waals surface area (Å²) in [6.45, 7) is 8.37. The number of hydrogen-bond acceptors (Lipinski definition) is 4. The van der Waals surface area contributed by atoms with Crippen molar-refractivity contribution in [1.29, 1.82) is 0 Å². The Morgan fingerprint density at radius 3 is 2.34 bits per heavy atom. The lowest BCUT2D eigenvalue weighted by Gasteiger charge is -2.32. The highest BCUT2D eigenvalue weighted by Gasteiger charge is 2.50.